The molecule has 1 saturated heterocycles. The summed E-state index contributed by atoms with van der Waals surface area (Å²) in [6.07, 6.45) is 3.54. The smallest absolute Gasteiger partial charge is 0.220 e. The van der Waals surface area contributed by atoms with Crippen molar-refractivity contribution < 1.29 is 9.90 Å². The number of rotatable bonds is 7. The van der Waals surface area contributed by atoms with E-state index in [2.05, 4.69) is 17.6 Å². The van der Waals surface area contributed by atoms with Crippen LogP contribution in [0.2, 0.25) is 0 Å². The van der Waals surface area contributed by atoms with Gasteiger partial charge in [-0.25, -0.2) is 0 Å². The van der Waals surface area contributed by atoms with Crippen molar-refractivity contribution in [1.82, 2.24) is 10.6 Å². The Bertz CT molecular complexity index is 203. The van der Waals surface area contributed by atoms with Crippen LogP contribution in [0, 0.1) is 11.8 Å². The van der Waals surface area contributed by atoms with Gasteiger partial charge >= 0.3 is 0 Å². The minimum absolute atomic E-state index is 0.157. The Labute approximate surface area is 97.8 Å². The number of carbonyl (C=O) groups is 1. The lowest BCUT2D eigenvalue weighted by Crippen LogP contribution is -2.31. The Kier molecular flexibility index (Phi) is 6.42. The molecule has 16 heavy (non-hydrogen) atoms. The van der Waals surface area contributed by atoms with Gasteiger partial charge in [-0.1, -0.05) is 13.3 Å². The Balaban J connectivity index is 2.12. The van der Waals surface area contributed by atoms with Crippen LogP contribution < -0.4 is 10.6 Å². The van der Waals surface area contributed by atoms with Crippen LogP contribution >= 0.6 is 0 Å². The first kappa shape index (κ1) is 13.5. The van der Waals surface area contributed by atoms with E-state index >= 15 is 0 Å². The van der Waals surface area contributed by atoms with Gasteiger partial charge in [0.15, 0.2) is 0 Å². The fraction of sp³-hybridized carbons (Fsp3) is 0.917. The summed E-state index contributed by atoms with van der Waals surface area (Å²) in [5, 5.41) is 15.1. The Morgan fingerprint density at radius 1 is 1.62 bits per heavy atom. The zero-order chi connectivity index (χ0) is 11.8. The van der Waals surface area contributed by atoms with E-state index in [0.717, 1.165) is 32.4 Å². The molecule has 0 spiro atoms. The summed E-state index contributed by atoms with van der Waals surface area (Å²) >= 11 is 0. The van der Waals surface area contributed by atoms with Crippen LogP contribution in [-0.4, -0.2) is 37.3 Å². The topological polar surface area (TPSA) is 61.4 Å². The second kappa shape index (κ2) is 7.63. The maximum atomic E-state index is 11.6. The Morgan fingerprint density at radius 2 is 2.44 bits per heavy atom. The molecule has 0 aromatic rings. The van der Waals surface area contributed by atoms with Gasteiger partial charge in [-0.15, -0.1) is 0 Å². The van der Waals surface area contributed by atoms with Gasteiger partial charge in [-0.2, -0.15) is 0 Å². The summed E-state index contributed by atoms with van der Waals surface area (Å²) in [5.74, 6) is 1.08. The predicted molar refractivity (Wildman–Crippen MR) is 64.1 cm³/mol. The number of amides is 1. The molecule has 2 atom stereocenters. The minimum atomic E-state index is 0.157. The second-order valence-electron chi connectivity index (χ2n) is 4.65. The molecule has 3 N–H and O–H groups in total. The quantitative estimate of drug-likeness (QED) is 0.595. The molecule has 4 heteroatoms. The Morgan fingerprint density at radius 3 is 3.00 bits per heavy atom. The van der Waals surface area contributed by atoms with E-state index < -0.39 is 0 Å². The number of hydrogen-bond donors (Lipinski definition) is 3. The van der Waals surface area contributed by atoms with Crippen molar-refractivity contribution in [3.8, 4) is 0 Å². The molecule has 2 unspecified atom stereocenters. The minimum Gasteiger partial charge on any atom is -0.396 e. The highest BCUT2D eigenvalue weighted by Crippen LogP contribution is 2.12. The van der Waals surface area contributed by atoms with E-state index in [1.807, 2.05) is 0 Å². The first-order valence-corrected chi connectivity index (χ1v) is 6.34. The zero-order valence-electron chi connectivity index (χ0n) is 10.2. The van der Waals surface area contributed by atoms with Crippen LogP contribution in [-0.2, 0) is 4.79 Å². The van der Waals surface area contributed by atoms with E-state index in [-0.39, 0.29) is 12.5 Å². The second-order valence-corrected chi connectivity index (χ2v) is 4.65. The van der Waals surface area contributed by atoms with Gasteiger partial charge in [0.2, 0.25) is 5.91 Å². The predicted octanol–water partition coefficient (Wildman–Crippen LogP) is 0.511. The highest BCUT2D eigenvalue weighted by Gasteiger charge is 2.18. The van der Waals surface area contributed by atoms with Crippen LogP contribution in [0.4, 0.5) is 0 Å². The van der Waals surface area contributed by atoms with Crippen LogP contribution in [0.3, 0.4) is 0 Å². The van der Waals surface area contributed by atoms with Gasteiger partial charge in [-0.3, -0.25) is 4.79 Å². The highest BCUT2D eigenvalue weighted by molar-refractivity contribution is 5.76. The molecule has 1 amide bonds. The number of hydrogen-bond acceptors (Lipinski definition) is 3. The van der Waals surface area contributed by atoms with Crippen LogP contribution in [0.15, 0.2) is 0 Å². The molecule has 1 aliphatic rings. The summed E-state index contributed by atoms with van der Waals surface area (Å²) in [5.41, 5.74) is 0. The number of carbonyl (C=O) groups excluding carboxylic acids is 1. The summed E-state index contributed by atoms with van der Waals surface area (Å²) in [4.78, 5) is 11.6. The third-order valence-electron chi connectivity index (χ3n) is 3.34. The lowest BCUT2D eigenvalue weighted by Gasteiger charge is -2.15. The molecule has 0 aromatic carbocycles. The van der Waals surface area contributed by atoms with Crippen molar-refractivity contribution in [3.63, 3.8) is 0 Å². The molecular formula is C12H24N2O2. The fourth-order valence-corrected chi connectivity index (χ4v) is 2.11. The summed E-state index contributed by atoms with van der Waals surface area (Å²) < 4.78 is 0. The van der Waals surface area contributed by atoms with E-state index in [0.29, 0.717) is 24.8 Å². The SMILES string of the molecule is CCC(CCO)CNC(=O)CC1CCNC1. The lowest BCUT2D eigenvalue weighted by atomic mass is 10.0. The zero-order valence-corrected chi connectivity index (χ0v) is 10.2. The van der Waals surface area contributed by atoms with E-state index in [1.165, 1.54) is 0 Å². The molecule has 0 saturated carbocycles. The third-order valence-corrected chi connectivity index (χ3v) is 3.34. The van der Waals surface area contributed by atoms with Gasteiger partial charge in [0.1, 0.15) is 0 Å². The maximum absolute atomic E-state index is 11.6. The molecule has 1 rings (SSSR count). The molecule has 1 fully saturated rings. The first-order chi connectivity index (χ1) is 7.76. The average Bonchev–Trinajstić information content (AvgIpc) is 2.76. The van der Waals surface area contributed by atoms with E-state index in [1.54, 1.807) is 0 Å². The standard InChI is InChI=1S/C12H24N2O2/c1-2-10(4-6-15)9-14-12(16)7-11-3-5-13-8-11/h10-11,13,15H,2-9H2,1H3,(H,14,16). The van der Waals surface area contributed by atoms with Crippen LogP contribution in [0.1, 0.15) is 32.6 Å². The highest BCUT2D eigenvalue weighted by atomic mass is 16.3. The molecule has 0 bridgehead atoms. The molecule has 0 aliphatic carbocycles. The molecule has 4 nitrogen and oxygen atoms in total. The van der Waals surface area contributed by atoms with Crippen molar-refractivity contribution in [2.24, 2.45) is 11.8 Å². The molecule has 1 heterocycles. The molecule has 0 radical (unpaired) electrons. The van der Waals surface area contributed by atoms with Crippen molar-refractivity contribution in [1.29, 1.82) is 0 Å². The van der Waals surface area contributed by atoms with Crippen molar-refractivity contribution in [2.75, 3.05) is 26.2 Å². The fourth-order valence-electron chi connectivity index (χ4n) is 2.11. The number of nitrogens with one attached hydrogen (secondary N) is 2. The normalized spacial score (nSPS) is 22.0. The number of aliphatic hydroxyl groups is 1. The van der Waals surface area contributed by atoms with Crippen molar-refractivity contribution in [2.45, 2.75) is 32.6 Å². The van der Waals surface area contributed by atoms with Gasteiger partial charge in [0.25, 0.3) is 0 Å². The molecular weight excluding hydrogens is 204 g/mol. The van der Waals surface area contributed by atoms with E-state index in [4.69, 9.17) is 5.11 Å². The van der Waals surface area contributed by atoms with Gasteiger partial charge in [0, 0.05) is 19.6 Å². The summed E-state index contributed by atoms with van der Waals surface area (Å²) in [6, 6.07) is 0. The van der Waals surface area contributed by atoms with Crippen LogP contribution in [0.5, 0.6) is 0 Å². The Hall–Kier alpha value is -0.610. The molecule has 0 aromatic heterocycles. The monoisotopic (exact) mass is 228 g/mol. The van der Waals surface area contributed by atoms with Crippen LogP contribution in [0.25, 0.3) is 0 Å². The average molecular weight is 228 g/mol. The van der Waals surface area contributed by atoms with E-state index in [9.17, 15) is 4.79 Å². The summed E-state index contributed by atoms with van der Waals surface area (Å²) in [6.45, 7) is 5.02. The lowest BCUT2D eigenvalue weighted by molar-refractivity contribution is -0.122. The third kappa shape index (κ3) is 4.94. The molecule has 1 aliphatic heterocycles. The first-order valence-electron chi connectivity index (χ1n) is 6.34. The van der Waals surface area contributed by atoms with Gasteiger partial charge < -0.3 is 15.7 Å². The summed E-state index contributed by atoms with van der Waals surface area (Å²) in [7, 11) is 0. The molecule has 94 valence electrons. The van der Waals surface area contributed by atoms with Crippen molar-refractivity contribution in [3.05, 3.63) is 0 Å². The largest absolute Gasteiger partial charge is 0.396 e. The van der Waals surface area contributed by atoms with Crippen molar-refractivity contribution >= 4 is 5.91 Å². The van der Waals surface area contributed by atoms with Gasteiger partial charge in [0.05, 0.1) is 0 Å². The van der Waals surface area contributed by atoms with Gasteiger partial charge in [-0.05, 0) is 37.8 Å². The maximum Gasteiger partial charge on any atom is 0.220 e. The number of aliphatic hydroxyl groups excluding tert-OH is 1.